The Hall–Kier alpha value is -0.990. The molecule has 66 valence electrons. The van der Waals surface area contributed by atoms with E-state index in [1.165, 1.54) is 6.92 Å². The lowest BCUT2D eigenvalue weighted by molar-refractivity contribution is 0.0173. The third-order valence-electron chi connectivity index (χ3n) is 1.66. The molecule has 0 nitrogen and oxygen atoms in total. The minimum absolute atomic E-state index is 0.151. The van der Waals surface area contributed by atoms with Crippen molar-refractivity contribution < 1.29 is 13.2 Å². The van der Waals surface area contributed by atoms with Crippen molar-refractivity contribution in [3.05, 3.63) is 35.1 Å². The van der Waals surface area contributed by atoms with Gasteiger partial charge in [-0.3, -0.25) is 0 Å². The summed E-state index contributed by atoms with van der Waals surface area (Å²) in [6, 6.07) is 3.32. The number of benzene rings is 1. The first-order chi connectivity index (χ1) is 5.41. The van der Waals surface area contributed by atoms with Crippen molar-refractivity contribution in [3.63, 3.8) is 0 Å². The number of hydrogen-bond acceptors (Lipinski definition) is 0. The van der Waals surface area contributed by atoms with E-state index < -0.39 is 11.7 Å². The average Bonchev–Trinajstić information content (AvgIpc) is 1.92. The Bertz CT molecular complexity index is 286. The summed E-state index contributed by atoms with van der Waals surface area (Å²) < 4.78 is 37.9. The highest BCUT2D eigenvalue weighted by Crippen LogP contribution is 2.27. The van der Waals surface area contributed by atoms with E-state index in [-0.39, 0.29) is 11.1 Å². The van der Waals surface area contributed by atoms with Crippen molar-refractivity contribution in [2.75, 3.05) is 0 Å². The van der Waals surface area contributed by atoms with Gasteiger partial charge in [0.2, 0.25) is 0 Å². The second-order valence-corrected chi connectivity index (χ2v) is 2.85. The molecule has 0 aliphatic rings. The summed E-state index contributed by atoms with van der Waals surface area (Å²) >= 11 is 0. The molecule has 0 fully saturated rings. The van der Waals surface area contributed by atoms with Gasteiger partial charge < -0.3 is 0 Å². The molecule has 0 unspecified atom stereocenters. The number of aryl methyl sites for hydroxylation is 1. The zero-order valence-corrected chi connectivity index (χ0v) is 6.87. The first kappa shape index (κ1) is 9.10. The maximum atomic E-state index is 12.6. The summed E-state index contributed by atoms with van der Waals surface area (Å²) in [7, 11) is 0. The number of rotatable bonds is 1. The van der Waals surface area contributed by atoms with Gasteiger partial charge in [-0.15, -0.1) is 0 Å². The van der Waals surface area contributed by atoms with Gasteiger partial charge >= 0.3 is 0 Å². The van der Waals surface area contributed by atoms with Crippen molar-refractivity contribution in [3.8, 4) is 0 Å². The molecule has 0 saturated heterocycles. The Morgan fingerprint density at radius 1 is 1.25 bits per heavy atom. The van der Waals surface area contributed by atoms with Gasteiger partial charge in [-0.2, -0.15) is 0 Å². The van der Waals surface area contributed by atoms with E-state index in [1.807, 2.05) is 0 Å². The molecule has 0 saturated carbocycles. The standard InChI is InChI=1S/C9H9F3/c1-6-5-7(9(2,11)12)3-4-8(6)10/h3-5H,1-2H3. The van der Waals surface area contributed by atoms with Gasteiger partial charge in [0, 0.05) is 12.5 Å². The van der Waals surface area contributed by atoms with Gasteiger partial charge in [0.1, 0.15) is 5.82 Å². The monoisotopic (exact) mass is 174 g/mol. The second kappa shape index (κ2) is 2.81. The van der Waals surface area contributed by atoms with Crippen molar-refractivity contribution in [2.45, 2.75) is 19.8 Å². The predicted molar refractivity (Wildman–Crippen MR) is 40.7 cm³/mol. The fourth-order valence-electron chi connectivity index (χ4n) is 0.918. The number of halogens is 3. The zero-order chi connectivity index (χ0) is 9.35. The first-order valence-corrected chi connectivity index (χ1v) is 3.55. The molecule has 0 aliphatic carbocycles. The van der Waals surface area contributed by atoms with Crippen molar-refractivity contribution in [2.24, 2.45) is 0 Å². The highest BCUT2D eigenvalue weighted by Gasteiger charge is 2.24. The Morgan fingerprint density at radius 2 is 1.83 bits per heavy atom. The molecular formula is C9H9F3. The molecule has 0 atom stereocenters. The smallest absolute Gasteiger partial charge is 0.207 e. The van der Waals surface area contributed by atoms with Crippen LogP contribution in [0.15, 0.2) is 18.2 Å². The van der Waals surface area contributed by atoms with Crippen LogP contribution in [0, 0.1) is 12.7 Å². The van der Waals surface area contributed by atoms with Crippen molar-refractivity contribution in [1.82, 2.24) is 0 Å². The van der Waals surface area contributed by atoms with Crippen molar-refractivity contribution in [1.29, 1.82) is 0 Å². The minimum atomic E-state index is -2.89. The highest BCUT2D eigenvalue weighted by molar-refractivity contribution is 5.26. The summed E-state index contributed by atoms with van der Waals surface area (Å²) in [5.74, 6) is -3.35. The van der Waals surface area contributed by atoms with Crippen LogP contribution in [-0.4, -0.2) is 0 Å². The third-order valence-corrected chi connectivity index (χ3v) is 1.66. The van der Waals surface area contributed by atoms with Crippen LogP contribution in [-0.2, 0) is 5.92 Å². The molecule has 0 radical (unpaired) electrons. The highest BCUT2D eigenvalue weighted by atomic mass is 19.3. The molecule has 0 amide bonds. The van der Waals surface area contributed by atoms with E-state index in [2.05, 4.69) is 0 Å². The first-order valence-electron chi connectivity index (χ1n) is 3.55. The molecule has 12 heavy (non-hydrogen) atoms. The minimum Gasteiger partial charge on any atom is -0.207 e. The normalized spacial score (nSPS) is 11.8. The van der Waals surface area contributed by atoms with Crippen LogP contribution < -0.4 is 0 Å². The molecule has 0 heterocycles. The lowest BCUT2D eigenvalue weighted by Crippen LogP contribution is -2.07. The summed E-state index contributed by atoms with van der Waals surface area (Å²) in [5.41, 5.74) is 0.0930. The molecule has 0 aliphatic heterocycles. The van der Waals surface area contributed by atoms with E-state index in [4.69, 9.17) is 0 Å². The predicted octanol–water partition coefficient (Wildman–Crippen LogP) is 3.25. The average molecular weight is 174 g/mol. The Morgan fingerprint density at radius 3 is 2.25 bits per heavy atom. The molecule has 1 rings (SSSR count). The van der Waals surface area contributed by atoms with E-state index >= 15 is 0 Å². The SMILES string of the molecule is Cc1cc(C(C)(F)F)ccc1F. The molecule has 1 aromatic carbocycles. The summed E-state index contributed by atoms with van der Waals surface area (Å²) in [6.07, 6.45) is 0. The fourth-order valence-corrected chi connectivity index (χ4v) is 0.918. The fraction of sp³-hybridized carbons (Fsp3) is 0.333. The Kier molecular flexibility index (Phi) is 2.13. The topological polar surface area (TPSA) is 0 Å². The van der Waals surface area contributed by atoms with Gasteiger partial charge in [-0.25, -0.2) is 13.2 Å². The van der Waals surface area contributed by atoms with Gasteiger partial charge in [0.05, 0.1) is 0 Å². The molecule has 1 aromatic rings. The van der Waals surface area contributed by atoms with Crippen LogP contribution in [0.3, 0.4) is 0 Å². The van der Waals surface area contributed by atoms with E-state index in [0.29, 0.717) is 0 Å². The quantitative estimate of drug-likeness (QED) is 0.613. The van der Waals surface area contributed by atoms with Crippen LogP contribution in [0.5, 0.6) is 0 Å². The van der Waals surface area contributed by atoms with E-state index in [0.717, 1.165) is 25.1 Å². The number of alkyl halides is 2. The van der Waals surface area contributed by atoms with Gasteiger partial charge in [-0.05, 0) is 24.6 Å². The van der Waals surface area contributed by atoms with Gasteiger partial charge in [0.15, 0.2) is 0 Å². The third kappa shape index (κ3) is 1.78. The van der Waals surface area contributed by atoms with E-state index in [9.17, 15) is 13.2 Å². The van der Waals surface area contributed by atoms with Gasteiger partial charge in [0.25, 0.3) is 5.92 Å². The molecular weight excluding hydrogens is 165 g/mol. The van der Waals surface area contributed by atoms with Crippen LogP contribution >= 0.6 is 0 Å². The summed E-state index contributed by atoms with van der Waals surface area (Å²) in [5, 5.41) is 0. The lowest BCUT2D eigenvalue weighted by atomic mass is 10.1. The molecule has 3 heteroatoms. The second-order valence-electron chi connectivity index (χ2n) is 2.85. The lowest BCUT2D eigenvalue weighted by Gasteiger charge is -2.10. The largest absolute Gasteiger partial charge is 0.270 e. The Labute approximate surface area is 69.0 Å². The van der Waals surface area contributed by atoms with Gasteiger partial charge in [-0.1, -0.05) is 6.07 Å². The van der Waals surface area contributed by atoms with Crippen LogP contribution in [0.25, 0.3) is 0 Å². The van der Waals surface area contributed by atoms with E-state index in [1.54, 1.807) is 0 Å². The van der Waals surface area contributed by atoms with Crippen LogP contribution in [0.2, 0.25) is 0 Å². The molecule has 0 N–H and O–H groups in total. The van der Waals surface area contributed by atoms with Crippen LogP contribution in [0.4, 0.5) is 13.2 Å². The zero-order valence-electron chi connectivity index (χ0n) is 6.87. The number of hydrogen-bond donors (Lipinski definition) is 0. The van der Waals surface area contributed by atoms with Crippen LogP contribution in [0.1, 0.15) is 18.1 Å². The summed E-state index contributed by atoms with van der Waals surface area (Å²) in [4.78, 5) is 0. The molecule has 0 aromatic heterocycles. The molecule has 0 bridgehead atoms. The maximum absolute atomic E-state index is 12.6. The summed E-state index contributed by atoms with van der Waals surface area (Å²) in [6.45, 7) is 2.25. The molecule has 0 spiro atoms. The maximum Gasteiger partial charge on any atom is 0.270 e. The Balaban J connectivity index is 3.14. The van der Waals surface area contributed by atoms with Crippen molar-refractivity contribution >= 4 is 0 Å².